The lowest BCUT2D eigenvalue weighted by Gasteiger charge is -2.24. The van der Waals surface area contributed by atoms with Gasteiger partial charge in [-0.05, 0) is 19.8 Å². The summed E-state index contributed by atoms with van der Waals surface area (Å²) in [7, 11) is 1.59. The Labute approximate surface area is 106 Å². The lowest BCUT2D eigenvalue weighted by atomic mass is 9.92. The molecule has 0 saturated heterocycles. The zero-order valence-electron chi connectivity index (χ0n) is 10.6. The molecule has 94 valence electrons. The average molecular weight is 293 g/mol. The van der Waals surface area contributed by atoms with E-state index in [1.807, 2.05) is 13.8 Å². The average Bonchev–Trinajstić information content (AvgIpc) is 2.23. The van der Waals surface area contributed by atoms with Crippen LogP contribution in [0.1, 0.15) is 27.7 Å². The molecule has 16 heavy (non-hydrogen) atoms. The number of halogens is 1. The van der Waals surface area contributed by atoms with Gasteiger partial charge in [-0.1, -0.05) is 29.8 Å². The second-order valence-corrected chi connectivity index (χ2v) is 5.81. The number of amides is 2. The van der Waals surface area contributed by atoms with Crippen molar-refractivity contribution in [2.75, 3.05) is 13.6 Å². The van der Waals surface area contributed by atoms with Crippen LogP contribution < -0.4 is 10.6 Å². The first-order valence-corrected chi connectivity index (χ1v) is 6.28. The van der Waals surface area contributed by atoms with Crippen LogP contribution in [-0.4, -0.2) is 30.2 Å². The Kier molecular flexibility index (Phi) is 6.00. The normalized spacial score (nSPS) is 13.4. The molecule has 1 atom stereocenters. The number of carbonyl (C=O) groups excluding carboxylic acids is 2. The van der Waals surface area contributed by atoms with Gasteiger partial charge in [0.05, 0.1) is 10.2 Å². The quantitative estimate of drug-likeness (QED) is 0.751. The van der Waals surface area contributed by atoms with Gasteiger partial charge in [0.25, 0.3) is 0 Å². The first-order chi connectivity index (χ1) is 7.22. The minimum absolute atomic E-state index is 0.0769. The maximum Gasteiger partial charge on any atom is 0.234 e. The van der Waals surface area contributed by atoms with Gasteiger partial charge in [0.2, 0.25) is 11.8 Å². The standard InChI is InChI=1S/C11H21BrN2O2/c1-7(2)8(12)9(15)14-6-11(3,4)10(16)13-5/h7-8H,6H2,1-5H3,(H,13,16)(H,14,15). The highest BCUT2D eigenvalue weighted by atomic mass is 79.9. The number of alkyl halides is 1. The predicted molar refractivity (Wildman–Crippen MR) is 68.4 cm³/mol. The van der Waals surface area contributed by atoms with E-state index in [1.165, 1.54) is 0 Å². The van der Waals surface area contributed by atoms with Crippen molar-refractivity contribution in [2.45, 2.75) is 32.5 Å². The van der Waals surface area contributed by atoms with Gasteiger partial charge in [0.15, 0.2) is 0 Å². The molecule has 0 aromatic heterocycles. The third-order valence-corrected chi connectivity index (χ3v) is 3.86. The highest BCUT2D eigenvalue weighted by Crippen LogP contribution is 2.15. The summed E-state index contributed by atoms with van der Waals surface area (Å²) in [5, 5.41) is 5.35. The molecule has 2 amide bonds. The molecule has 5 heteroatoms. The van der Waals surface area contributed by atoms with Crippen molar-refractivity contribution in [3.05, 3.63) is 0 Å². The van der Waals surface area contributed by atoms with Crippen molar-refractivity contribution in [3.63, 3.8) is 0 Å². The molecule has 0 spiro atoms. The Hall–Kier alpha value is -0.580. The fourth-order valence-corrected chi connectivity index (χ4v) is 1.29. The molecule has 0 rings (SSSR count). The third kappa shape index (κ3) is 4.51. The van der Waals surface area contributed by atoms with Crippen molar-refractivity contribution in [2.24, 2.45) is 11.3 Å². The molecule has 0 radical (unpaired) electrons. The molecule has 0 aromatic rings. The molecule has 0 saturated carbocycles. The second-order valence-electron chi connectivity index (χ2n) is 4.83. The molecule has 4 nitrogen and oxygen atoms in total. The number of rotatable bonds is 5. The highest BCUT2D eigenvalue weighted by Gasteiger charge is 2.28. The van der Waals surface area contributed by atoms with Crippen molar-refractivity contribution < 1.29 is 9.59 Å². The molecular weight excluding hydrogens is 272 g/mol. The maximum absolute atomic E-state index is 11.7. The predicted octanol–water partition coefficient (Wildman–Crippen LogP) is 1.29. The summed E-state index contributed by atoms with van der Waals surface area (Å²) in [5.41, 5.74) is -0.589. The van der Waals surface area contributed by atoms with Crippen LogP contribution in [0.4, 0.5) is 0 Å². The summed E-state index contributed by atoms with van der Waals surface area (Å²) in [6, 6.07) is 0. The van der Waals surface area contributed by atoms with Crippen LogP contribution >= 0.6 is 15.9 Å². The van der Waals surface area contributed by atoms with Gasteiger partial charge >= 0.3 is 0 Å². The van der Waals surface area contributed by atoms with E-state index < -0.39 is 5.41 Å². The van der Waals surface area contributed by atoms with Crippen LogP contribution in [0.25, 0.3) is 0 Å². The lowest BCUT2D eigenvalue weighted by Crippen LogP contribution is -2.46. The van der Waals surface area contributed by atoms with Crippen LogP contribution in [0, 0.1) is 11.3 Å². The second kappa shape index (κ2) is 6.23. The lowest BCUT2D eigenvalue weighted by molar-refractivity contribution is -0.129. The van der Waals surface area contributed by atoms with Crippen LogP contribution in [0.2, 0.25) is 0 Å². The Morgan fingerprint density at radius 2 is 1.81 bits per heavy atom. The molecule has 0 bridgehead atoms. The zero-order chi connectivity index (χ0) is 12.9. The van der Waals surface area contributed by atoms with E-state index >= 15 is 0 Å². The molecule has 0 fully saturated rings. The molecule has 0 aromatic carbocycles. The Morgan fingerprint density at radius 3 is 2.19 bits per heavy atom. The van der Waals surface area contributed by atoms with Gasteiger partial charge in [0, 0.05) is 13.6 Å². The molecule has 1 unspecified atom stereocenters. The minimum atomic E-state index is -0.589. The number of hydrogen-bond donors (Lipinski definition) is 2. The summed E-state index contributed by atoms with van der Waals surface area (Å²) in [6.07, 6.45) is 0. The number of nitrogens with one attached hydrogen (secondary N) is 2. The summed E-state index contributed by atoms with van der Waals surface area (Å²) in [5.74, 6) is 0.0681. The van der Waals surface area contributed by atoms with Gasteiger partial charge in [-0.3, -0.25) is 9.59 Å². The molecule has 2 N–H and O–H groups in total. The van der Waals surface area contributed by atoms with E-state index in [2.05, 4.69) is 26.6 Å². The summed E-state index contributed by atoms with van der Waals surface area (Å²) >= 11 is 3.32. The zero-order valence-corrected chi connectivity index (χ0v) is 12.1. The summed E-state index contributed by atoms with van der Waals surface area (Å²) in [6.45, 7) is 7.85. The monoisotopic (exact) mass is 292 g/mol. The van der Waals surface area contributed by atoms with Gasteiger partial charge in [-0.25, -0.2) is 0 Å². The van der Waals surface area contributed by atoms with E-state index in [1.54, 1.807) is 20.9 Å². The Balaban J connectivity index is 4.25. The van der Waals surface area contributed by atoms with Crippen LogP contribution in [0.15, 0.2) is 0 Å². The van der Waals surface area contributed by atoms with Crippen molar-refractivity contribution in [1.82, 2.24) is 10.6 Å². The molecule has 0 aliphatic carbocycles. The Bertz CT molecular complexity index is 265. The molecular formula is C11H21BrN2O2. The molecule has 0 heterocycles. The molecule has 0 aliphatic rings. The topological polar surface area (TPSA) is 58.2 Å². The molecule has 0 aliphatic heterocycles. The first-order valence-electron chi connectivity index (χ1n) is 5.36. The van der Waals surface area contributed by atoms with Crippen molar-refractivity contribution in [3.8, 4) is 0 Å². The van der Waals surface area contributed by atoms with E-state index in [4.69, 9.17) is 0 Å². The largest absolute Gasteiger partial charge is 0.359 e. The van der Waals surface area contributed by atoms with Gasteiger partial charge in [-0.15, -0.1) is 0 Å². The van der Waals surface area contributed by atoms with Gasteiger partial charge in [-0.2, -0.15) is 0 Å². The van der Waals surface area contributed by atoms with E-state index in [-0.39, 0.29) is 22.6 Å². The minimum Gasteiger partial charge on any atom is -0.359 e. The number of hydrogen-bond acceptors (Lipinski definition) is 2. The van der Waals surface area contributed by atoms with Crippen molar-refractivity contribution in [1.29, 1.82) is 0 Å². The maximum atomic E-state index is 11.7. The first kappa shape index (κ1) is 15.4. The highest BCUT2D eigenvalue weighted by molar-refractivity contribution is 9.10. The van der Waals surface area contributed by atoms with Crippen LogP contribution in [0.3, 0.4) is 0 Å². The Morgan fingerprint density at radius 1 is 1.31 bits per heavy atom. The van der Waals surface area contributed by atoms with E-state index in [0.29, 0.717) is 6.54 Å². The van der Waals surface area contributed by atoms with E-state index in [9.17, 15) is 9.59 Å². The fourth-order valence-electron chi connectivity index (χ4n) is 1.13. The van der Waals surface area contributed by atoms with Crippen LogP contribution in [0.5, 0.6) is 0 Å². The van der Waals surface area contributed by atoms with Gasteiger partial charge < -0.3 is 10.6 Å². The van der Waals surface area contributed by atoms with Crippen molar-refractivity contribution >= 4 is 27.7 Å². The smallest absolute Gasteiger partial charge is 0.234 e. The van der Waals surface area contributed by atoms with Crippen LogP contribution in [-0.2, 0) is 9.59 Å². The SMILES string of the molecule is CNC(=O)C(C)(C)CNC(=O)C(Br)C(C)C. The number of carbonyl (C=O) groups is 2. The van der Waals surface area contributed by atoms with E-state index in [0.717, 1.165) is 0 Å². The summed E-state index contributed by atoms with van der Waals surface area (Å²) < 4.78 is 0. The third-order valence-electron chi connectivity index (χ3n) is 2.38. The van der Waals surface area contributed by atoms with Gasteiger partial charge in [0.1, 0.15) is 0 Å². The fraction of sp³-hybridized carbons (Fsp3) is 0.818. The summed E-state index contributed by atoms with van der Waals surface area (Å²) in [4.78, 5) is 22.9.